The highest BCUT2D eigenvalue weighted by atomic mass is 16.6. The third-order valence-electron chi connectivity index (χ3n) is 7.67. The molecular weight excluding hydrogens is 464 g/mol. The minimum atomic E-state index is -0.581. The molecule has 1 atom stereocenters. The van der Waals surface area contributed by atoms with Gasteiger partial charge in [-0.25, -0.2) is 9.69 Å². The van der Waals surface area contributed by atoms with E-state index < -0.39 is 6.09 Å². The van der Waals surface area contributed by atoms with Crippen LogP contribution >= 0.6 is 0 Å². The zero-order chi connectivity index (χ0) is 26.4. The van der Waals surface area contributed by atoms with Crippen molar-refractivity contribution >= 4 is 17.8 Å². The first kappa shape index (κ1) is 27.0. The molecule has 37 heavy (non-hydrogen) atoms. The number of benzene rings is 1. The first-order valence-corrected chi connectivity index (χ1v) is 13.9. The Balaban J connectivity index is 1.77. The van der Waals surface area contributed by atoms with Crippen molar-refractivity contribution in [1.82, 2.24) is 4.90 Å². The predicted molar refractivity (Wildman–Crippen MR) is 143 cm³/mol. The lowest BCUT2D eigenvalue weighted by Gasteiger charge is -2.31. The number of pyridine rings is 1. The molecule has 2 aromatic rings. The summed E-state index contributed by atoms with van der Waals surface area (Å²) in [4.78, 5) is 41.5. The molecule has 1 aromatic carbocycles. The molecule has 0 spiro atoms. The summed E-state index contributed by atoms with van der Waals surface area (Å²) in [6, 6.07) is 10.9. The molecule has 0 unspecified atom stereocenters. The predicted octanol–water partition coefficient (Wildman–Crippen LogP) is 6.08. The fourth-order valence-corrected chi connectivity index (χ4v) is 5.45. The highest BCUT2D eigenvalue weighted by Gasteiger charge is 2.45. The second kappa shape index (κ2) is 12.0. The van der Waals surface area contributed by atoms with Crippen molar-refractivity contribution in [2.75, 3.05) is 6.61 Å². The highest BCUT2D eigenvalue weighted by molar-refractivity contribution is 6.04. The van der Waals surface area contributed by atoms with Crippen molar-refractivity contribution in [3.8, 4) is 0 Å². The van der Waals surface area contributed by atoms with Crippen LogP contribution in [0.1, 0.15) is 104 Å². The molecule has 0 N–H and O–H groups in total. The Labute approximate surface area is 221 Å². The summed E-state index contributed by atoms with van der Waals surface area (Å²) in [7, 11) is 0. The molecule has 1 aromatic heterocycles. The summed E-state index contributed by atoms with van der Waals surface area (Å²) in [5.74, 6) is -0.302. The Morgan fingerprint density at radius 1 is 0.946 bits per heavy atom. The van der Waals surface area contributed by atoms with E-state index in [4.69, 9.17) is 4.74 Å². The molecule has 1 saturated heterocycles. The third-order valence-corrected chi connectivity index (χ3v) is 7.67. The van der Waals surface area contributed by atoms with Gasteiger partial charge in [0.1, 0.15) is 12.2 Å². The molecule has 3 aliphatic rings. The SMILES string of the molecule is CC(C)(C)[C@H]1COC(=O)N1C(=O)c1cc2c[n+](CC(=O)c3ccccc3)c1CCCCCCCCCC2. The Hall–Kier alpha value is -3.02. The van der Waals surface area contributed by atoms with Crippen LogP contribution in [-0.2, 0) is 24.1 Å². The van der Waals surface area contributed by atoms with E-state index in [2.05, 4.69) is 6.20 Å². The number of rotatable bonds is 4. The minimum absolute atomic E-state index is 0.0108. The first-order valence-electron chi connectivity index (χ1n) is 13.9. The number of nitrogens with zero attached hydrogens (tertiary/aromatic N) is 2. The monoisotopic (exact) mass is 505 g/mol. The standard InChI is InChI=1S/C31H41N2O4/c1-31(2,3)28-22-37-30(36)33(28)29(35)25-19-23-15-11-8-6-4-5-7-9-14-18-26(25)32(20-23)21-27(34)24-16-12-10-13-17-24/h10,12-13,16-17,19-20,28H,4-9,11,14-15,18,21-22H2,1-3H3/q+1/t28-/m1/s1. The van der Waals surface area contributed by atoms with Gasteiger partial charge < -0.3 is 4.74 Å². The fourth-order valence-electron chi connectivity index (χ4n) is 5.45. The lowest BCUT2D eigenvalue weighted by atomic mass is 9.86. The number of cyclic esters (lactones) is 1. The van der Waals surface area contributed by atoms with Gasteiger partial charge in [0, 0.05) is 17.5 Å². The van der Waals surface area contributed by atoms with Crippen LogP contribution in [0.2, 0.25) is 0 Å². The molecule has 2 bridgehead atoms. The molecule has 6 nitrogen and oxygen atoms in total. The van der Waals surface area contributed by atoms with Gasteiger partial charge in [-0.2, -0.15) is 4.57 Å². The second-order valence-electron chi connectivity index (χ2n) is 11.6. The van der Waals surface area contributed by atoms with Crippen molar-refractivity contribution < 1.29 is 23.7 Å². The average Bonchev–Trinajstić information content (AvgIpc) is 3.27. The van der Waals surface area contributed by atoms with Gasteiger partial charge in [-0.05, 0) is 30.7 Å². The smallest absolute Gasteiger partial charge is 0.417 e. The van der Waals surface area contributed by atoms with Gasteiger partial charge in [0.2, 0.25) is 12.3 Å². The largest absolute Gasteiger partial charge is 0.447 e. The molecule has 1 aliphatic carbocycles. The molecule has 3 heterocycles. The average molecular weight is 506 g/mol. The van der Waals surface area contributed by atoms with E-state index in [0.29, 0.717) is 17.5 Å². The van der Waals surface area contributed by atoms with E-state index in [1.165, 1.54) is 30.6 Å². The van der Waals surface area contributed by atoms with E-state index in [1.807, 2.05) is 61.7 Å². The maximum atomic E-state index is 14.1. The topological polar surface area (TPSA) is 67.6 Å². The summed E-state index contributed by atoms with van der Waals surface area (Å²) in [6.07, 6.45) is 12.1. The molecule has 2 aliphatic heterocycles. The van der Waals surface area contributed by atoms with Crippen LogP contribution in [0.25, 0.3) is 0 Å². The van der Waals surface area contributed by atoms with E-state index in [0.717, 1.165) is 43.4 Å². The Morgan fingerprint density at radius 2 is 1.57 bits per heavy atom. The van der Waals surface area contributed by atoms with E-state index in [9.17, 15) is 14.4 Å². The summed E-state index contributed by atoms with van der Waals surface area (Å²) in [5.41, 5.74) is 2.75. The first-order chi connectivity index (χ1) is 17.8. The minimum Gasteiger partial charge on any atom is -0.447 e. The number of hydrogen-bond donors (Lipinski definition) is 0. The maximum Gasteiger partial charge on any atom is 0.417 e. The zero-order valence-corrected chi connectivity index (χ0v) is 22.6. The van der Waals surface area contributed by atoms with Crippen LogP contribution in [-0.4, -0.2) is 35.3 Å². The van der Waals surface area contributed by atoms with E-state index >= 15 is 0 Å². The number of carbonyl (C=O) groups excluding carboxylic acids is 3. The van der Waals surface area contributed by atoms with Crippen molar-refractivity contribution in [2.45, 2.75) is 97.6 Å². The maximum absolute atomic E-state index is 14.1. The number of aromatic nitrogens is 1. The number of carbonyl (C=O) groups is 3. The third kappa shape index (κ3) is 6.65. The number of hydrogen-bond acceptors (Lipinski definition) is 4. The van der Waals surface area contributed by atoms with Gasteiger partial charge in [0.25, 0.3) is 5.91 Å². The van der Waals surface area contributed by atoms with Crippen LogP contribution in [0, 0.1) is 5.41 Å². The number of ketones is 1. The number of fused-ring (bicyclic) bond motifs is 11. The van der Waals surface area contributed by atoms with Gasteiger partial charge in [0.05, 0.1) is 6.04 Å². The van der Waals surface area contributed by atoms with Crippen molar-refractivity contribution in [3.05, 3.63) is 65.0 Å². The van der Waals surface area contributed by atoms with Crippen molar-refractivity contribution in [2.24, 2.45) is 5.41 Å². The number of Topliss-reactive ketones (excluding diaryl/α,β-unsaturated/α-hetero) is 1. The molecule has 1 fully saturated rings. The van der Waals surface area contributed by atoms with Crippen molar-refractivity contribution in [1.29, 1.82) is 0 Å². The van der Waals surface area contributed by atoms with Crippen LogP contribution < -0.4 is 4.57 Å². The Kier molecular flexibility index (Phi) is 8.78. The van der Waals surface area contributed by atoms with Gasteiger partial charge in [-0.3, -0.25) is 9.59 Å². The van der Waals surface area contributed by atoms with Crippen LogP contribution in [0.4, 0.5) is 4.79 Å². The Bertz CT molecular complexity index is 1120. The molecule has 198 valence electrons. The number of aryl methyl sites for hydroxylation is 1. The van der Waals surface area contributed by atoms with Crippen molar-refractivity contribution in [3.63, 3.8) is 0 Å². The molecule has 2 amide bonds. The number of ether oxygens (including phenoxy) is 1. The summed E-state index contributed by atoms with van der Waals surface area (Å²) >= 11 is 0. The lowest BCUT2D eigenvalue weighted by Crippen LogP contribution is -2.49. The van der Waals surface area contributed by atoms with Gasteiger partial charge in [-0.1, -0.05) is 89.6 Å². The Morgan fingerprint density at radius 3 is 2.22 bits per heavy atom. The van der Waals surface area contributed by atoms with Crippen LogP contribution in [0.3, 0.4) is 0 Å². The summed E-state index contributed by atoms with van der Waals surface area (Å²) in [5, 5.41) is 0. The lowest BCUT2D eigenvalue weighted by molar-refractivity contribution is -0.691. The van der Waals surface area contributed by atoms with Crippen LogP contribution in [0.5, 0.6) is 0 Å². The molecule has 0 radical (unpaired) electrons. The normalized spacial score (nSPS) is 19.4. The second-order valence-corrected chi connectivity index (χ2v) is 11.6. The number of imide groups is 1. The molecule has 5 rings (SSSR count). The van der Waals surface area contributed by atoms with E-state index in [-0.39, 0.29) is 36.3 Å². The highest BCUT2D eigenvalue weighted by Crippen LogP contribution is 2.31. The fraction of sp³-hybridized carbons (Fsp3) is 0.548. The summed E-state index contributed by atoms with van der Waals surface area (Å²) < 4.78 is 7.34. The van der Waals surface area contributed by atoms with Gasteiger partial charge in [-0.15, -0.1) is 0 Å². The quantitative estimate of drug-likeness (QED) is 0.373. The van der Waals surface area contributed by atoms with Gasteiger partial charge >= 0.3 is 6.09 Å². The van der Waals surface area contributed by atoms with Crippen LogP contribution in [0.15, 0.2) is 42.6 Å². The molecular formula is C31H41N2O4+. The molecule has 0 saturated carbocycles. The van der Waals surface area contributed by atoms with E-state index in [1.54, 1.807) is 0 Å². The zero-order valence-electron chi connectivity index (χ0n) is 22.6. The van der Waals surface area contributed by atoms with Gasteiger partial charge in [0.15, 0.2) is 11.9 Å². The molecule has 6 heteroatoms. The number of amides is 2. The summed E-state index contributed by atoms with van der Waals surface area (Å²) in [6.45, 7) is 6.44.